The number of pyridine rings is 1. The van der Waals surface area contributed by atoms with Crippen LogP contribution in [0.15, 0.2) is 53.1 Å². The van der Waals surface area contributed by atoms with Crippen LogP contribution in [-0.4, -0.2) is 17.0 Å². The highest BCUT2D eigenvalue weighted by atomic mass is 79.9. The number of aryl methyl sites for hydroxylation is 1. The van der Waals surface area contributed by atoms with E-state index in [1.807, 2.05) is 31.2 Å². The minimum atomic E-state index is -0.755. The summed E-state index contributed by atoms with van der Waals surface area (Å²) >= 11 is 3.23. The lowest BCUT2D eigenvalue weighted by Gasteiger charge is -2.17. The summed E-state index contributed by atoms with van der Waals surface area (Å²) < 4.78 is 19.2. The van der Waals surface area contributed by atoms with Crippen LogP contribution in [0.1, 0.15) is 12.5 Å². The number of anilines is 1. The molecule has 128 valence electrons. The second kappa shape index (κ2) is 7.19. The molecule has 4 nitrogen and oxygen atoms in total. The Bertz CT molecular complexity index is 946. The third kappa shape index (κ3) is 3.79. The zero-order chi connectivity index (χ0) is 18.0. The van der Waals surface area contributed by atoms with Gasteiger partial charge in [0.1, 0.15) is 11.6 Å². The Morgan fingerprint density at radius 3 is 2.84 bits per heavy atom. The summed E-state index contributed by atoms with van der Waals surface area (Å²) in [6.45, 7) is 3.61. The van der Waals surface area contributed by atoms with Crippen molar-refractivity contribution in [2.45, 2.75) is 20.0 Å². The van der Waals surface area contributed by atoms with Crippen LogP contribution in [0.2, 0.25) is 0 Å². The maximum atomic E-state index is 13.1. The van der Waals surface area contributed by atoms with Crippen molar-refractivity contribution in [3.05, 3.63) is 64.5 Å². The van der Waals surface area contributed by atoms with E-state index in [2.05, 4.69) is 26.2 Å². The van der Waals surface area contributed by atoms with E-state index in [0.29, 0.717) is 15.9 Å². The molecule has 25 heavy (non-hydrogen) atoms. The highest BCUT2D eigenvalue weighted by Crippen LogP contribution is 2.27. The lowest BCUT2D eigenvalue weighted by molar-refractivity contribution is -0.122. The molecule has 0 aliphatic carbocycles. The van der Waals surface area contributed by atoms with E-state index in [4.69, 9.17) is 4.74 Å². The molecule has 1 N–H and O–H groups in total. The average molecular weight is 403 g/mol. The third-order valence-electron chi connectivity index (χ3n) is 3.80. The molecule has 0 saturated carbocycles. The fourth-order valence-corrected chi connectivity index (χ4v) is 2.92. The van der Waals surface area contributed by atoms with Crippen molar-refractivity contribution < 1.29 is 13.9 Å². The molecule has 0 spiro atoms. The van der Waals surface area contributed by atoms with E-state index in [9.17, 15) is 9.18 Å². The zero-order valence-corrected chi connectivity index (χ0v) is 15.3. The van der Waals surface area contributed by atoms with Crippen molar-refractivity contribution in [2.24, 2.45) is 0 Å². The summed E-state index contributed by atoms with van der Waals surface area (Å²) in [6.07, 6.45) is 0.966. The zero-order valence-electron chi connectivity index (χ0n) is 13.7. The molecular formula is C19H16BrFN2O2. The number of aromatic nitrogens is 1. The predicted molar refractivity (Wildman–Crippen MR) is 99.3 cm³/mol. The fourth-order valence-electron chi connectivity index (χ4n) is 2.47. The van der Waals surface area contributed by atoms with Crippen LogP contribution in [-0.2, 0) is 4.79 Å². The van der Waals surface area contributed by atoms with Crippen LogP contribution in [0, 0.1) is 12.7 Å². The van der Waals surface area contributed by atoms with Gasteiger partial charge in [0.2, 0.25) is 0 Å². The number of benzene rings is 2. The topological polar surface area (TPSA) is 51.2 Å². The molecule has 1 amide bonds. The summed E-state index contributed by atoms with van der Waals surface area (Å²) in [5, 5.41) is 3.74. The first-order valence-electron chi connectivity index (χ1n) is 7.72. The van der Waals surface area contributed by atoms with Gasteiger partial charge in [0, 0.05) is 11.6 Å². The maximum Gasteiger partial charge on any atom is 0.265 e. The monoisotopic (exact) mass is 402 g/mol. The normalized spacial score (nSPS) is 12.0. The van der Waals surface area contributed by atoms with Gasteiger partial charge in [-0.15, -0.1) is 0 Å². The van der Waals surface area contributed by atoms with Crippen LogP contribution in [0.4, 0.5) is 10.1 Å². The Morgan fingerprint density at radius 1 is 1.28 bits per heavy atom. The third-order valence-corrected chi connectivity index (χ3v) is 4.42. The summed E-state index contributed by atoms with van der Waals surface area (Å²) in [7, 11) is 0. The molecule has 0 fully saturated rings. The Hall–Kier alpha value is -2.47. The van der Waals surface area contributed by atoms with E-state index < -0.39 is 6.10 Å². The van der Waals surface area contributed by atoms with Crippen molar-refractivity contribution in [1.82, 2.24) is 4.98 Å². The standard InChI is InChI=1S/C19H16BrFN2O2/c1-11-5-7-16(14-4-3-9-22-18(11)14)23-19(24)12(2)25-17-8-6-13(21)10-15(17)20/h3-10,12H,1-2H3,(H,23,24). The number of amides is 1. The molecule has 3 rings (SSSR count). The van der Waals surface area contributed by atoms with Crippen molar-refractivity contribution in [1.29, 1.82) is 0 Å². The van der Waals surface area contributed by atoms with Crippen molar-refractivity contribution in [2.75, 3.05) is 5.32 Å². The first-order chi connectivity index (χ1) is 12.0. The van der Waals surface area contributed by atoms with Gasteiger partial charge < -0.3 is 10.1 Å². The van der Waals surface area contributed by atoms with Gasteiger partial charge in [-0.1, -0.05) is 6.07 Å². The van der Waals surface area contributed by atoms with Crippen LogP contribution in [0.3, 0.4) is 0 Å². The molecule has 1 heterocycles. The number of rotatable bonds is 4. The number of hydrogen-bond donors (Lipinski definition) is 1. The Labute approximate surface area is 153 Å². The lowest BCUT2D eigenvalue weighted by Crippen LogP contribution is -2.30. The number of fused-ring (bicyclic) bond motifs is 1. The number of ether oxygens (including phenoxy) is 1. The Morgan fingerprint density at radius 2 is 2.08 bits per heavy atom. The van der Waals surface area contributed by atoms with Crippen LogP contribution in [0.25, 0.3) is 10.9 Å². The molecule has 2 aromatic carbocycles. The Kier molecular flexibility index (Phi) is 4.99. The smallest absolute Gasteiger partial charge is 0.265 e. The second-order valence-electron chi connectivity index (χ2n) is 5.65. The van der Waals surface area contributed by atoms with Crippen LogP contribution < -0.4 is 10.1 Å². The summed E-state index contributed by atoms with van der Waals surface area (Å²) in [6, 6.07) is 11.5. The van der Waals surface area contributed by atoms with Gasteiger partial charge >= 0.3 is 0 Å². The number of carbonyl (C=O) groups excluding carboxylic acids is 1. The highest BCUT2D eigenvalue weighted by Gasteiger charge is 2.17. The van der Waals surface area contributed by atoms with Gasteiger partial charge in [-0.05, 0) is 71.7 Å². The lowest BCUT2D eigenvalue weighted by atomic mass is 10.1. The molecular weight excluding hydrogens is 387 g/mol. The van der Waals surface area contributed by atoms with E-state index in [1.165, 1.54) is 18.2 Å². The molecule has 0 aliphatic heterocycles. The number of nitrogens with one attached hydrogen (secondary N) is 1. The SMILES string of the molecule is Cc1ccc(NC(=O)C(C)Oc2ccc(F)cc2Br)c2cccnc12. The number of nitrogens with zero attached hydrogens (tertiary/aromatic N) is 1. The largest absolute Gasteiger partial charge is 0.480 e. The van der Waals surface area contributed by atoms with Gasteiger partial charge in [0.15, 0.2) is 6.10 Å². The number of halogens is 2. The minimum Gasteiger partial charge on any atom is -0.480 e. The molecule has 0 aliphatic rings. The average Bonchev–Trinajstić information content (AvgIpc) is 2.60. The molecule has 0 saturated heterocycles. The molecule has 1 aromatic heterocycles. The highest BCUT2D eigenvalue weighted by molar-refractivity contribution is 9.10. The summed E-state index contributed by atoms with van der Waals surface area (Å²) in [4.78, 5) is 16.8. The van der Waals surface area contributed by atoms with E-state index in [1.54, 1.807) is 13.1 Å². The van der Waals surface area contributed by atoms with Crippen LogP contribution >= 0.6 is 15.9 Å². The minimum absolute atomic E-state index is 0.301. The number of carbonyl (C=O) groups is 1. The quantitative estimate of drug-likeness (QED) is 0.678. The van der Waals surface area contributed by atoms with Crippen molar-refractivity contribution in [3.8, 4) is 5.75 Å². The molecule has 6 heteroatoms. The van der Waals surface area contributed by atoms with E-state index in [-0.39, 0.29) is 11.7 Å². The summed E-state index contributed by atoms with van der Waals surface area (Å²) in [5.41, 5.74) is 2.55. The van der Waals surface area contributed by atoms with Crippen LogP contribution in [0.5, 0.6) is 5.75 Å². The van der Waals surface area contributed by atoms with E-state index in [0.717, 1.165) is 16.5 Å². The summed E-state index contributed by atoms with van der Waals surface area (Å²) in [5.74, 6) is -0.278. The molecule has 3 aromatic rings. The maximum absolute atomic E-state index is 13.1. The van der Waals surface area contributed by atoms with Crippen molar-refractivity contribution in [3.63, 3.8) is 0 Å². The first kappa shape index (κ1) is 17.4. The van der Waals surface area contributed by atoms with Gasteiger partial charge in [0.05, 0.1) is 15.7 Å². The van der Waals surface area contributed by atoms with Gasteiger partial charge in [-0.2, -0.15) is 0 Å². The number of hydrogen-bond acceptors (Lipinski definition) is 3. The van der Waals surface area contributed by atoms with Gasteiger partial charge in [-0.3, -0.25) is 9.78 Å². The molecule has 0 bridgehead atoms. The Balaban J connectivity index is 1.79. The van der Waals surface area contributed by atoms with Gasteiger partial charge in [0.25, 0.3) is 5.91 Å². The predicted octanol–water partition coefficient (Wildman–Crippen LogP) is 4.85. The molecule has 1 unspecified atom stereocenters. The van der Waals surface area contributed by atoms with Gasteiger partial charge in [-0.25, -0.2) is 4.39 Å². The molecule has 0 radical (unpaired) electrons. The van der Waals surface area contributed by atoms with E-state index >= 15 is 0 Å². The first-order valence-corrected chi connectivity index (χ1v) is 8.52. The van der Waals surface area contributed by atoms with Crippen molar-refractivity contribution >= 4 is 38.4 Å². The second-order valence-corrected chi connectivity index (χ2v) is 6.51. The molecule has 1 atom stereocenters. The fraction of sp³-hybridized carbons (Fsp3) is 0.158.